The molecule has 250 valence electrons. The van der Waals surface area contributed by atoms with Crippen molar-refractivity contribution in [1.82, 2.24) is 40.1 Å². The molecular formula is C33H34F3N9O3. The van der Waals surface area contributed by atoms with Gasteiger partial charge in [-0.05, 0) is 48.8 Å². The molecule has 15 heteroatoms. The normalized spacial score (nSPS) is 17.1. The number of nitrogens with zero attached hydrogens (tertiary/aromatic N) is 7. The second-order valence-electron chi connectivity index (χ2n) is 12.2. The van der Waals surface area contributed by atoms with Gasteiger partial charge in [-0.25, -0.2) is 29.7 Å². The van der Waals surface area contributed by atoms with E-state index in [0.29, 0.717) is 86.1 Å². The summed E-state index contributed by atoms with van der Waals surface area (Å²) in [6.45, 7) is 2.38. The minimum absolute atomic E-state index is 0.0301. The van der Waals surface area contributed by atoms with E-state index in [0.717, 1.165) is 35.7 Å². The molecule has 3 aromatic heterocycles. The highest BCUT2D eigenvalue weighted by atomic mass is 19.4. The summed E-state index contributed by atoms with van der Waals surface area (Å²) >= 11 is 0. The number of alkyl halides is 3. The summed E-state index contributed by atoms with van der Waals surface area (Å²) in [6.07, 6.45) is 1.62. The highest BCUT2D eigenvalue weighted by molar-refractivity contribution is 5.75. The largest absolute Gasteiger partial charge is 0.480 e. The number of aromatic nitrogens is 6. The van der Waals surface area contributed by atoms with Crippen LogP contribution in [0.15, 0.2) is 49.1 Å². The number of anilines is 1. The molecule has 4 aromatic rings. The predicted molar refractivity (Wildman–Crippen MR) is 168 cm³/mol. The lowest BCUT2D eigenvalue weighted by atomic mass is 9.86. The van der Waals surface area contributed by atoms with Crippen molar-refractivity contribution in [3.8, 4) is 28.5 Å². The first-order chi connectivity index (χ1) is 23.3. The fourth-order valence-corrected chi connectivity index (χ4v) is 6.04. The maximum Gasteiger partial charge on any atom is 0.433 e. The molecule has 1 saturated carbocycles. The van der Waals surface area contributed by atoms with Crippen molar-refractivity contribution in [2.45, 2.75) is 56.3 Å². The number of pyridine rings is 1. The molecule has 2 N–H and O–H groups in total. The summed E-state index contributed by atoms with van der Waals surface area (Å²) in [5.74, 6) is 1.43. The first-order valence-corrected chi connectivity index (χ1v) is 15.9. The van der Waals surface area contributed by atoms with Crippen molar-refractivity contribution in [3.05, 3.63) is 71.6 Å². The molecule has 3 aliphatic rings. The number of carbonyl (C=O) groups excluding carboxylic acids is 1. The Morgan fingerprint density at radius 2 is 1.69 bits per heavy atom. The zero-order chi connectivity index (χ0) is 33.3. The van der Waals surface area contributed by atoms with Gasteiger partial charge in [0.05, 0.1) is 37.8 Å². The first-order valence-electron chi connectivity index (χ1n) is 15.9. The summed E-state index contributed by atoms with van der Waals surface area (Å²) < 4.78 is 51.8. The highest BCUT2D eigenvalue weighted by Crippen LogP contribution is 2.45. The van der Waals surface area contributed by atoms with Crippen LogP contribution in [0.2, 0.25) is 0 Å². The number of nitrogens with one attached hydrogen (secondary N) is 2. The molecule has 3 fully saturated rings. The summed E-state index contributed by atoms with van der Waals surface area (Å²) in [6, 6.07) is 9.70. The summed E-state index contributed by atoms with van der Waals surface area (Å²) in [5.41, 5.74) is 3.05. The quantitative estimate of drug-likeness (QED) is 0.246. The van der Waals surface area contributed by atoms with E-state index in [1.54, 1.807) is 24.1 Å². The average molecular weight is 662 g/mol. The number of benzene rings is 1. The predicted octanol–water partition coefficient (Wildman–Crippen LogP) is 5.20. The van der Waals surface area contributed by atoms with E-state index < -0.39 is 11.9 Å². The number of ether oxygens (including phenoxy) is 2. The third-order valence-electron chi connectivity index (χ3n) is 8.88. The van der Waals surface area contributed by atoms with Gasteiger partial charge in [0.25, 0.3) is 0 Å². The van der Waals surface area contributed by atoms with Crippen molar-refractivity contribution < 1.29 is 27.4 Å². The van der Waals surface area contributed by atoms with Crippen molar-refractivity contribution in [3.63, 3.8) is 0 Å². The lowest BCUT2D eigenvalue weighted by Gasteiger charge is -2.35. The number of amides is 2. The van der Waals surface area contributed by atoms with Gasteiger partial charge in [-0.1, -0.05) is 30.3 Å². The smallest absolute Gasteiger partial charge is 0.433 e. The molecule has 0 atom stereocenters. The number of urea groups is 1. The van der Waals surface area contributed by atoms with Crippen molar-refractivity contribution in [1.29, 1.82) is 0 Å². The van der Waals surface area contributed by atoms with Crippen LogP contribution in [-0.4, -0.2) is 80.3 Å². The number of hydrogen-bond donors (Lipinski definition) is 2. The van der Waals surface area contributed by atoms with Gasteiger partial charge in [-0.3, -0.25) is 0 Å². The molecule has 0 unspecified atom stereocenters. The van der Waals surface area contributed by atoms with Crippen LogP contribution in [0.5, 0.6) is 5.88 Å². The molecule has 7 rings (SSSR count). The van der Waals surface area contributed by atoms with Crippen molar-refractivity contribution in [2.24, 2.45) is 0 Å². The minimum atomic E-state index is -4.58. The van der Waals surface area contributed by atoms with E-state index in [4.69, 9.17) is 9.47 Å². The molecule has 1 aliphatic carbocycles. The fraction of sp³-hybridized carbons (Fsp3) is 0.424. The third-order valence-corrected chi connectivity index (χ3v) is 8.88. The zero-order valence-corrected chi connectivity index (χ0v) is 26.2. The molecule has 12 nitrogen and oxygen atoms in total. The Morgan fingerprint density at radius 1 is 0.938 bits per heavy atom. The molecular weight excluding hydrogens is 627 g/mol. The van der Waals surface area contributed by atoms with Gasteiger partial charge < -0.3 is 25.0 Å². The number of carbonyl (C=O) groups is 1. The third kappa shape index (κ3) is 6.86. The van der Waals surface area contributed by atoms with Crippen LogP contribution in [0.25, 0.3) is 22.6 Å². The van der Waals surface area contributed by atoms with Gasteiger partial charge in [0.1, 0.15) is 23.9 Å². The molecule has 48 heavy (non-hydrogen) atoms. The number of hydrogen-bond acceptors (Lipinski definition) is 10. The van der Waals surface area contributed by atoms with Gasteiger partial charge in [0.15, 0.2) is 5.82 Å². The number of halogens is 3. The molecule has 0 spiro atoms. The molecule has 2 amide bonds. The van der Waals surface area contributed by atoms with Crippen LogP contribution in [0, 0.1) is 0 Å². The Hall–Kier alpha value is -4.92. The molecule has 2 aliphatic heterocycles. The standard InChI is InChI=1S/C33H34F3N9O3/c1-47-30-26(28(22-6-7-22)38-17-40-30)29-39-18-41-31(44-29)37-14-19-2-4-21(5-3-19)27-24(8-9-25(43-27)33(34,35)36)20-10-12-45(13-11-20)32(46)42-23-15-48-16-23/h2-5,8-9,17-18,20,22-23H,6-7,10-16H2,1H3,(H,42,46)(H,37,39,41,44). The van der Waals surface area contributed by atoms with E-state index >= 15 is 0 Å². The Kier molecular flexibility index (Phi) is 8.77. The molecule has 0 bridgehead atoms. The summed E-state index contributed by atoms with van der Waals surface area (Å²) in [5, 5.41) is 6.15. The highest BCUT2D eigenvalue weighted by Gasteiger charge is 2.35. The average Bonchev–Trinajstić information content (AvgIpc) is 3.94. The first kappa shape index (κ1) is 31.7. The Balaban J connectivity index is 1.06. The number of likely N-dealkylation sites (tertiary alicyclic amines) is 1. The van der Waals surface area contributed by atoms with Crippen LogP contribution in [0.4, 0.5) is 23.9 Å². The number of rotatable bonds is 9. The fourth-order valence-electron chi connectivity index (χ4n) is 6.04. The lowest BCUT2D eigenvalue weighted by molar-refractivity contribution is -0.141. The van der Waals surface area contributed by atoms with Gasteiger partial charge in [-0.15, -0.1) is 0 Å². The minimum Gasteiger partial charge on any atom is -0.480 e. The van der Waals surface area contributed by atoms with Gasteiger partial charge in [-0.2, -0.15) is 18.2 Å². The second-order valence-corrected chi connectivity index (χ2v) is 12.2. The van der Waals surface area contributed by atoms with E-state index in [2.05, 4.69) is 40.5 Å². The Labute approximate surface area is 274 Å². The molecule has 1 aromatic carbocycles. The van der Waals surface area contributed by atoms with Crippen LogP contribution in [-0.2, 0) is 17.5 Å². The van der Waals surface area contributed by atoms with Gasteiger partial charge in [0.2, 0.25) is 11.8 Å². The van der Waals surface area contributed by atoms with E-state index in [1.807, 2.05) is 12.1 Å². The van der Waals surface area contributed by atoms with E-state index in [1.165, 1.54) is 18.7 Å². The van der Waals surface area contributed by atoms with Crippen LogP contribution in [0.1, 0.15) is 60.0 Å². The van der Waals surface area contributed by atoms with Gasteiger partial charge in [0, 0.05) is 31.1 Å². The van der Waals surface area contributed by atoms with Crippen molar-refractivity contribution in [2.75, 3.05) is 38.7 Å². The number of piperidine rings is 1. The topological polar surface area (TPSA) is 140 Å². The lowest BCUT2D eigenvalue weighted by Crippen LogP contribution is -2.54. The maximum absolute atomic E-state index is 13.7. The van der Waals surface area contributed by atoms with E-state index in [-0.39, 0.29) is 18.0 Å². The number of methoxy groups -OCH3 is 1. The summed E-state index contributed by atoms with van der Waals surface area (Å²) in [4.78, 5) is 40.4. The second kappa shape index (κ2) is 13.3. The zero-order valence-electron chi connectivity index (χ0n) is 26.2. The van der Waals surface area contributed by atoms with Crippen LogP contribution < -0.4 is 15.4 Å². The maximum atomic E-state index is 13.7. The van der Waals surface area contributed by atoms with Crippen LogP contribution in [0.3, 0.4) is 0 Å². The Morgan fingerprint density at radius 3 is 2.35 bits per heavy atom. The van der Waals surface area contributed by atoms with Crippen LogP contribution >= 0.6 is 0 Å². The molecule has 5 heterocycles. The van der Waals surface area contributed by atoms with E-state index in [9.17, 15) is 18.0 Å². The SMILES string of the molecule is COc1ncnc(C2CC2)c1-c1ncnc(NCc2ccc(-c3nc(C(F)(F)F)ccc3C3CCN(C(=O)NC4COC4)CC3)cc2)n1. The summed E-state index contributed by atoms with van der Waals surface area (Å²) in [7, 11) is 1.54. The Bertz CT molecular complexity index is 1770. The van der Waals surface area contributed by atoms with Crippen molar-refractivity contribution >= 4 is 12.0 Å². The van der Waals surface area contributed by atoms with Gasteiger partial charge >= 0.3 is 12.2 Å². The monoisotopic (exact) mass is 661 g/mol. The molecule has 2 saturated heterocycles. The molecule has 0 radical (unpaired) electrons.